The van der Waals surface area contributed by atoms with E-state index in [-0.39, 0.29) is 0 Å². The third-order valence-corrected chi connectivity index (χ3v) is 6.96. The molecule has 0 aliphatic heterocycles. The molecule has 174 valence electrons. The van der Waals surface area contributed by atoms with Crippen LogP contribution in [0.3, 0.4) is 0 Å². The highest BCUT2D eigenvalue weighted by Gasteiger charge is 2.15. The lowest BCUT2D eigenvalue weighted by Gasteiger charge is -2.10. The Hall–Kier alpha value is -4.95. The summed E-state index contributed by atoms with van der Waals surface area (Å²) in [5.41, 5.74) is 10.8. The Morgan fingerprint density at radius 2 is 1.11 bits per heavy atom. The zero-order chi connectivity index (χ0) is 24.6. The summed E-state index contributed by atoms with van der Waals surface area (Å²) in [6.07, 6.45) is 1.87. The zero-order valence-electron chi connectivity index (χ0n) is 20.1. The molecule has 0 saturated carbocycles. The molecule has 37 heavy (non-hydrogen) atoms. The quantitative estimate of drug-likeness (QED) is 0.254. The maximum atomic E-state index is 6.45. The van der Waals surface area contributed by atoms with Gasteiger partial charge in [0.05, 0.1) is 5.69 Å². The summed E-state index contributed by atoms with van der Waals surface area (Å²) in [6, 6.07) is 46.5. The summed E-state index contributed by atoms with van der Waals surface area (Å²) in [6.45, 7) is 0. The Labute approximate surface area is 215 Å². The molecule has 0 aliphatic carbocycles. The summed E-state index contributed by atoms with van der Waals surface area (Å²) < 4.78 is 6.45. The van der Waals surface area contributed by atoms with Crippen LogP contribution in [0.25, 0.3) is 66.6 Å². The van der Waals surface area contributed by atoms with Crippen LogP contribution in [-0.4, -0.2) is 4.98 Å². The Morgan fingerprint density at radius 3 is 1.89 bits per heavy atom. The molecule has 0 radical (unpaired) electrons. The van der Waals surface area contributed by atoms with Gasteiger partial charge in [0.15, 0.2) is 0 Å². The number of benzene rings is 5. The lowest BCUT2D eigenvalue weighted by Crippen LogP contribution is -1.86. The van der Waals surface area contributed by atoms with Crippen molar-refractivity contribution in [3.63, 3.8) is 0 Å². The molecule has 0 unspecified atom stereocenters. The van der Waals surface area contributed by atoms with Gasteiger partial charge < -0.3 is 4.42 Å². The molecule has 0 amide bonds. The van der Waals surface area contributed by atoms with E-state index in [0.29, 0.717) is 0 Å². The Morgan fingerprint density at radius 1 is 0.432 bits per heavy atom. The van der Waals surface area contributed by atoms with Crippen LogP contribution in [0.1, 0.15) is 0 Å². The lowest BCUT2D eigenvalue weighted by molar-refractivity contribution is 0.670. The van der Waals surface area contributed by atoms with Crippen LogP contribution in [0.2, 0.25) is 0 Å². The van der Waals surface area contributed by atoms with Crippen LogP contribution in [0.5, 0.6) is 0 Å². The van der Waals surface area contributed by atoms with E-state index < -0.39 is 0 Å². The zero-order valence-corrected chi connectivity index (χ0v) is 20.1. The van der Waals surface area contributed by atoms with E-state index in [9.17, 15) is 0 Å². The molecule has 2 nitrogen and oxygen atoms in total. The van der Waals surface area contributed by atoms with Gasteiger partial charge in [0.1, 0.15) is 11.2 Å². The van der Waals surface area contributed by atoms with Gasteiger partial charge in [-0.25, -0.2) is 0 Å². The molecule has 2 heteroatoms. The van der Waals surface area contributed by atoms with Gasteiger partial charge in [-0.05, 0) is 63.7 Å². The van der Waals surface area contributed by atoms with E-state index in [1.54, 1.807) is 0 Å². The molecule has 2 heterocycles. The highest BCUT2D eigenvalue weighted by Crippen LogP contribution is 2.39. The number of rotatable bonds is 4. The Kier molecular flexibility index (Phi) is 5.15. The number of pyridine rings is 1. The van der Waals surface area contributed by atoms with Crippen molar-refractivity contribution in [2.24, 2.45) is 0 Å². The molecule has 0 atom stereocenters. The summed E-state index contributed by atoms with van der Waals surface area (Å²) in [5, 5.41) is 2.20. The van der Waals surface area contributed by atoms with E-state index >= 15 is 0 Å². The van der Waals surface area contributed by atoms with Crippen molar-refractivity contribution in [3.05, 3.63) is 140 Å². The number of fused-ring (bicyclic) bond motifs is 3. The van der Waals surface area contributed by atoms with E-state index in [2.05, 4.69) is 121 Å². The summed E-state index contributed by atoms with van der Waals surface area (Å²) >= 11 is 0. The average Bonchev–Trinajstić information content (AvgIpc) is 3.36. The van der Waals surface area contributed by atoms with Gasteiger partial charge in [0.2, 0.25) is 0 Å². The standard InChI is InChI=1S/C35H23NO/c1-3-10-24(11-4-1)26-20-21-36-33(23-26)31-17-9-16-30-32-22-27(18-19-34(32)37-35(30)31)29-15-8-7-14-28(29)25-12-5-2-6-13-25/h1-23H. The first kappa shape index (κ1) is 21.3. The number of hydrogen-bond donors (Lipinski definition) is 0. The Balaban J connectivity index is 1.37. The number of hydrogen-bond acceptors (Lipinski definition) is 2. The maximum Gasteiger partial charge on any atom is 0.144 e. The summed E-state index contributed by atoms with van der Waals surface area (Å²) in [4.78, 5) is 4.71. The van der Waals surface area contributed by atoms with Crippen LogP contribution >= 0.6 is 0 Å². The molecule has 7 aromatic rings. The van der Waals surface area contributed by atoms with Gasteiger partial charge in [-0.15, -0.1) is 0 Å². The first-order valence-corrected chi connectivity index (χ1v) is 12.5. The van der Waals surface area contributed by atoms with Crippen molar-refractivity contribution in [3.8, 4) is 44.6 Å². The highest BCUT2D eigenvalue weighted by molar-refractivity contribution is 6.10. The molecule has 0 saturated heterocycles. The molecule has 5 aromatic carbocycles. The fraction of sp³-hybridized carbons (Fsp3) is 0. The fourth-order valence-electron chi connectivity index (χ4n) is 5.16. The number of para-hydroxylation sites is 1. The van der Waals surface area contributed by atoms with Crippen molar-refractivity contribution in [2.75, 3.05) is 0 Å². The second-order valence-electron chi connectivity index (χ2n) is 9.20. The second kappa shape index (κ2) is 8.92. The second-order valence-corrected chi connectivity index (χ2v) is 9.20. The third-order valence-electron chi connectivity index (χ3n) is 6.96. The molecule has 0 N–H and O–H groups in total. The minimum Gasteiger partial charge on any atom is -0.455 e. The van der Waals surface area contributed by atoms with Crippen LogP contribution in [0.15, 0.2) is 144 Å². The van der Waals surface area contributed by atoms with Gasteiger partial charge in [0, 0.05) is 22.5 Å². The predicted molar refractivity (Wildman–Crippen MR) is 153 cm³/mol. The molecular formula is C35H23NO. The number of furan rings is 1. The molecule has 0 aliphatic rings. The molecular weight excluding hydrogens is 450 g/mol. The largest absolute Gasteiger partial charge is 0.455 e. The molecule has 0 bridgehead atoms. The van der Waals surface area contributed by atoms with Crippen molar-refractivity contribution in [2.45, 2.75) is 0 Å². The Bertz CT molecular complexity index is 1870. The van der Waals surface area contributed by atoms with Gasteiger partial charge in [0.25, 0.3) is 0 Å². The first-order chi connectivity index (χ1) is 18.3. The van der Waals surface area contributed by atoms with Crippen LogP contribution in [-0.2, 0) is 0 Å². The molecule has 0 fully saturated rings. The summed E-state index contributed by atoms with van der Waals surface area (Å²) in [7, 11) is 0. The van der Waals surface area contributed by atoms with Crippen molar-refractivity contribution < 1.29 is 4.42 Å². The topological polar surface area (TPSA) is 26.0 Å². The average molecular weight is 474 g/mol. The maximum absolute atomic E-state index is 6.45. The van der Waals surface area contributed by atoms with Crippen LogP contribution in [0, 0.1) is 0 Å². The fourth-order valence-corrected chi connectivity index (χ4v) is 5.16. The van der Waals surface area contributed by atoms with Gasteiger partial charge in [-0.1, -0.05) is 103 Å². The smallest absolute Gasteiger partial charge is 0.144 e. The van der Waals surface area contributed by atoms with E-state index in [4.69, 9.17) is 9.40 Å². The van der Waals surface area contributed by atoms with Crippen LogP contribution in [0.4, 0.5) is 0 Å². The summed E-state index contributed by atoms with van der Waals surface area (Å²) in [5.74, 6) is 0. The minimum atomic E-state index is 0.865. The van der Waals surface area contributed by atoms with Crippen LogP contribution < -0.4 is 0 Å². The SMILES string of the molecule is c1ccc(-c2ccnc(-c3cccc4c3oc3ccc(-c5ccccc5-c5ccccc5)cc34)c2)cc1. The number of nitrogens with zero attached hydrogens (tertiary/aromatic N) is 1. The molecule has 2 aromatic heterocycles. The van der Waals surface area contributed by atoms with Crippen molar-refractivity contribution >= 4 is 21.9 Å². The first-order valence-electron chi connectivity index (χ1n) is 12.5. The van der Waals surface area contributed by atoms with E-state index in [1.165, 1.54) is 27.8 Å². The van der Waals surface area contributed by atoms with Crippen molar-refractivity contribution in [1.29, 1.82) is 0 Å². The minimum absolute atomic E-state index is 0.865. The predicted octanol–water partition coefficient (Wildman–Crippen LogP) is 9.65. The van der Waals surface area contributed by atoms with E-state index in [1.807, 2.05) is 18.3 Å². The number of aromatic nitrogens is 1. The highest BCUT2D eigenvalue weighted by atomic mass is 16.3. The van der Waals surface area contributed by atoms with Gasteiger partial charge in [-0.2, -0.15) is 0 Å². The van der Waals surface area contributed by atoms with Gasteiger partial charge >= 0.3 is 0 Å². The van der Waals surface area contributed by atoms with Gasteiger partial charge in [-0.3, -0.25) is 4.98 Å². The third kappa shape index (κ3) is 3.80. The normalized spacial score (nSPS) is 11.2. The monoisotopic (exact) mass is 473 g/mol. The molecule has 7 rings (SSSR count). The lowest BCUT2D eigenvalue weighted by atomic mass is 9.93. The molecule has 0 spiro atoms. The van der Waals surface area contributed by atoms with E-state index in [0.717, 1.165) is 38.8 Å². The van der Waals surface area contributed by atoms with Crippen molar-refractivity contribution in [1.82, 2.24) is 4.98 Å².